The minimum absolute atomic E-state index is 0.0840. The number of hydrogen-bond donors (Lipinski definition) is 2. The van der Waals surface area contributed by atoms with Gasteiger partial charge in [0.2, 0.25) is 0 Å². The molecule has 0 unspecified atom stereocenters. The van der Waals surface area contributed by atoms with Crippen LogP contribution in [0.15, 0.2) is 29.4 Å². The molecule has 80 valence electrons. The number of nitrogens with two attached hydrogens (primary N) is 1. The fraction of sp³-hybridized carbons (Fsp3) is 0.200. The maximum absolute atomic E-state index is 10.9. The highest BCUT2D eigenvalue weighted by molar-refractivity contribution is 6.34. The Labute approximate surface area is 93.1 Å². The molecule has 1 aromatic carbocycles. The molecule has 0 aliphatic carbocycles. The van der Waals surface area contributed by atoms with Gasteiger partial charge in [0.1, 0.15) is 0 Å². The minimum Gasteiger partial charge on any atom is -0.322 e. The van der Waals surface area contributed by atoms with Gasteiger partial charge in [-0.05, 0) is 13.0 Å². The smallest absolute Gasteiger partial charge is 0.253 e. The van der Waals surface area contributed by atoms with E-state index in [4.69, 9.17) is 17.3 Å². The lowest BCUT2D eigenvalue weighted by molar-refractivity contribution is -0.119. The molecule has 3 N–H and O–H groups in total. The van der Waals surface area contributed by atoms with Crippen molar-refractivity contribution >= 4 is 23.2 Å². The van der Waals surface area contributed by atoms with Crippen LogP contribution in [0.4, 0.5) is 0 Å². The van der Waals surface area contributed by atoms with Crippen LogP contribution in [0.5, 0.6) is 0 Å². The normalized spacial score (nSPS) is 11.3. The summed E-state index contributed by atoms with van der Waals surface area (Å²) in [6.45, 7) is 1.68. The summed E-state index contributed by atoms with van der Waals surface area (Å²) < 4.78 is 0. The van der Waals surface area contributed by atoms with E-state index < -0.39 is 0 Å². The van der Waals surface area contributed by atoms with E-state index in [1.54, 1.807) is 13.0 Å². The quantitative estimate of drug-likeness (QED) is 0.598. The zero-order valence-corrected chi connectivity index (χ0v) is 9.08. The molecule has 1 rings (SSSR count). The summed E-state index contributed by atoms with van der Waals surface area (Å²) >= 11 is 5.95. The fourth-order valence-corrected chi connectivity index (χ4v) is 1.28. The Kier molecular flexibility index (Phi) is 4.27. The summed E-state index contributed by atoms with van der Waals surface area (Å²) in [4.78, 5) is 10.9. The van der Waals surface area contributed by atoms with Gasteiger partial charge in [0.25, 0.3) is 5.91 Å². The predicted octanol–water partition coefficient (Wildman–Crippen LogP) is 1.14. The fourth-order valence-electron chi connectivity index (χ4n) is 1.01. The van der Waals surface area contributed by atoms with Gasteiger partial charge in [0.05, 0.1) is 12.3 Å². The van der Waals surface area contributed by atoms with Crippen LogP contribution in [-0.4, -0.2) is 18.2 Å². The molecule has 0 saturated heterocycles. The first kappa shape index (κ1) is 11.7. The van der Waals surface area contributed by atoms with Crippen molar-refractivity contribution in [3.8, 4) is 0 Å². The Morgan fingerprint density at radius 2 is 2.20 bits per heavy atom. The molecule has 0 aliphatic rings. The van der Waals surface area contributed by atoms with Gasteiger partial charge in [-0.2, -0.15) is 5.10 Å². The van der Waals surface area contributed by atoms with E-state index in [-0.39, 0.29) is 12.5 Å². The SMILES string of the molecule is CC(=NNC(=O)CN)c1ccccc1Cl. The Balaban J connectivity index is 2.80. The first-order valence-corrected chi connectivity index (χ1v) is 4.81. The summed E-state index contributed by atoms with van der Waals surface area (Å²) in [6.07, 6.45) is 0. The lowest BCUT2D eigenvalue weighted by Gasteiger charge is -2.03. The molecule has 15 heavy (non-hydrogen) atoms. The van der Waals surface area contributed by atoms with Crippen molar-refractivity contribution in [2.75, 3.05) is 6.54 Å². The zero-order chi connectivity index (χ0) is 11.3. The van der Waals surface area contributed by atoms with Crippen LogP contribution >= 0.6 is 11.6 Å². The van der Waals surface area contributed by atoms with Gasteiger partial charge >= 0.3 is 0 Å². The third kappa shape index (κ3) is 3.34. The summed E-state index contributed by atoms with van der Waals surface area (Å²) in [7, 11) is 0. The molecule has 0 heterocycles. The average Bonchev–Trinajstić information content (AvgIpc) is 2.26. The second-order valence-electron chi connectivity index (χ2n) is 2.92. The van der Waals surface area contributed by atoms with Crippen LogP contribution in [0.1, 0.15) is 12.5 Å². The first-order chi connectivity index (χ1) is 7.15. The van der Waals surface area contributed by atoms with Crippen LogP contribution < -0.4 is 11.2 Å². The second-order valence-corrected chi connectivity index (χ2v) is 3.32. The van der Waals surface area contributed by atoms with E-state index in [1.165, 1.54) is 0 Å². The number of halogens is 1. The molecule has 0 radical (unpaired) electrons. The molecule has 1 aromatic rings. The van der Waals surface area contributed by atoms with Crippen LogP contribution in [0.25, 0.3) is 0 Å². The number of amides is 1. The number of carbonyl (C=O) groups is 1. The van der Waals surface area contributed by atoms with E-state index in [2.05, 4.69) is 10.5 Å². The minimum atomic E-state index is -0.332. The van der Waals surface area contributed by atoms with Crippen molar-refractivity contribution in [2.24, 2.45) is 10.8 Å². The summed E-state index contributed by atoms with van der Waals surface area (Å²) in [6, 6.07) is 7.28. The van der Waals surface area contributed by atoms with Gasteiger partial charge in [0, 0.05) is 10.6 Å². The van der Waals surface area contributed by atoms with Crippen molar-refractivity contribution in [3.63, 3.8) is 0 Å². The molecule has 5 heteroatoms. The Hall–Kier alpha value is -1.39. The lowest BCUT2D eigenvalue weighted by atomic mass is 10.1. The number of rotatable bonds is 3. The molecule has 0 aliphatic heterocycles. The Morgan fingerprint density at radius 3 is 2.80 bits per heavy atom. The van der Waals surface area contributed by atoms with E-state index in [1.807, 2.05) is 18.2 Å². The van der Waals surface area contributed by atoms with Gasteiger partial charge in [-0.15, -0.1) is 0 Å². The molecule has 0 aromatic heterocycles. The third-order valence-electron chi connectivity index (χ3n) is 1.80. The van der Waals surface area contributed by atoms with Gasteiger partial charge in [-0.3, -0.25) is 4.79 Å². The number of nitrogens with one attached hydrogen (secondary N) is 1. The van der Waals surface area contributed by atoms with Crippen molar-refractivity contribution < 1.29 is 4.79 Å². The van der Waals surface area contributed by atoms with E-state index >= 15 is 0 Å². The Bertz CT molecular complexity index is 390. The third-order valence-corrected chi connectivity index (χ3v) is 2.13. The first-order valence-electron chi connectivity index (χ1n) is 4.43. The van der Waals surface area contributed by atoms with Gasteiger partial charge in [-0.1, -0.05) is 29.8 Å². The number of carbonyl (C=O) groups excluding carboxylic acids is 1. The molecular formula is C10H12ClN3O. The van der Waals surface area contributed by atoms with Crippen LogP contribution in [0.3, 0.4) is 0 Å². The monoisotopic (exact) mass is 225 g/mol. The molecule has 1 amide bonds. The van der Waals surface area contributed by atoms with Gasteiger partial charge in [0.15, 0.2) is 0 Å². The predicted molar refractivity (Wildman–Crippen MR) is 60.9 cm³/mol. The van der Waals surface area contributed by atoms with Crippen molar-refractivity contribution in [3.05, 3.63) is 34.9 Å². The lowest BCUT2D eigenvalue weighted by Crippen LogP contribution is -2.27. The summed E-state index contributed by atoms with van der Waals surface area (Å²) in [5.74, 6) is -0.332. The molecule has 0 saturated carbocycles. The van der Waals surface area contributed by atoms with Crippen molar-refractivity contribution in [1.82, 2.24) is 5.43 Å². The standard InChI is InChI=1S/C10H12ClN3O/c1-7(13-14-10(15)6-12)8-4-2-3-5-9(8)11/h2-5H,6,12H2,1H3,(H,14,15). The number of benzene rings is 1. The maximum atomic E-state index is 10.9. The Morgan fingerprint density at radius 1 is 1.53 bits per heavy atom. The molecule has 0 bridgehead atoms. The van der Waals surface area contributed by atoms with Crippen molar-refractivity contribution in [1.29, 1.82) is 0 Å². The molecule has 0 atom stereocenters. The van der Waals surface area contributed by atoms with Gasteiger partial charge < -0.3 is 5.73 Å². The largest absolute Gasteiger partial charge is 0.322 e. The topological polar surface area (TPSA) is 67.5 Å². The van der Waals surface area contributed by atoms with Crippen LogP contribution in [0, 0.1) is 0 Å². The maximum Gasteiger partial charge on any atom is 0.253 e. The van der Waals surface area contributed by atoms with E-state index in [9.17, 15) is 4.79 Å². The highest BCUT2D eigenvalue weighted by atomic mass is 35.5. The molecule has 4 nitrogen and oxygen atoms in total. The number of nitrogens with zero attached hydrogens (tertiary/aromatic N) is 1. The molecule has 0 spiro atoms. The average molecular weight is 226 g/mol. The van der Waals surface area contributed by atoms with Crippen LogP contribution in [-0.2, 0) is 4.79 Å². The summed E-state index contributed by atoms with van der Waals surface area (Å²) in [5.41, 5.74) is 8.87. The number of hydrazone groups is 1. The highest BCUT2D eigenvalue weighted by Crippen LogP contribution is 2.15. The second kappa shape index (κ2) is 5.48. The van der Waals surface area contributed by atoms with Crippen LogP contribution in [0.2, 0.25) is 5.02 Å². The number of hydrogen-bond acceptors (Lipinski definition) is 3. The molecular weight excluding hydrogens is 214 g/mol. The van der Waals surface area contributed by atoms with E-state index in [0.717, 1.165) is 5.56 Å². The van der Waals surface area contributed by atoms with Crippen molar-refractivity contribution in [2.45, 2.75) is 6.92 Å². The highest BCUT2D eigenvalue weighted by Gasteiger charge is 2.02. The van der Waals surface area contributed by atoms with E-state index in [0.29, 0.717) is 10.7 Å². The molecule has 0 fully saturated rings. The van der Waals surface area contributed by atoms with Gasteiger partial charge in [-0.25, -0.2) is 5.43 Å². The zero-order valence-electron chi connectivity index (χ0n) is 8.33. The summed E-state index contributed by atoms with van der Waals surface area (Å²) in [5, 5.41) is 4.48.